The molecule has 0 radical (unpaired) electrons. The van der Waals surface area contributed by atoms with Crippen LogP contribution in [0.1, 0.15) is 16.4 Å². The van der Waals surface area contributed by atoms with Gasteiger partial charge in [-0.2, -0.15) is 13.2 Å². The van der Waals surface area contributed by atoms with Gasteiger partial charge in [-0.15, -0.1) is 10.2 Å². The van der Waals surface area contributed by atoms with Gasteiger partial charge in [-0.3, -0.25) is 4.57 Å². The third kappa shape index (κ3) is 5.39. The van der Waals surface area contributed by atoms with Gasteiger partial charge in [0.2, 0.25) is 5.95 Å². The molecular formula is C21H19F5N4OS. The topological polar surface area (TPSA) is 43.2 Å². The van der Waals surface area contributed by atoms with E-state index in [1.807, 2.05) is 0 Å². The molecule has 0 aliphatic carbocycles. The molecule has 1 saturated heterocycles. The second kappa shape index (κ2) is 9.45. The van der Waals surface area contributed by atoms with Crippen LogP contribution >= 0.6 is 11.8 Å². The highest BCUT2D eigenvalue weighted by Gasteiger charge is 2.33. The number of rotatable bonds is 6. The van der Waals surface area contributed by atoms with E-state index in [4.69, 9.17) is 4.74 Å². The molecule has 0 saturated carbocycles. The predicted molar refractivity (Wildman–Crippen MR) is 110 cm³/mol. The number of thioether (sulfide) groups is 1. The summed E-state index contributed by atoms with van der Waals surface area (Å²) in [6.45, 7) is 0.318. The molecule has 0 atom stereocenters. The average Bonchev–Trinajstić information content (AvgIpc) is 3.14. The summed E-state index contributed by atoms with van der Waals surface area (Å²) < 4.78 is 73.5. The first kappa shape index (κ1) is 22.5. The fourth-order valence-corrected chi connectivity index (χ4v) is 4.55. The van der Waals surface area contributed by atoms with Crippen LogP contribution in [0, 0.1) is 11.6 Å². The molecule has 0 unspecified atom stereocenters. The maximum atomic E-state index is 13.5. The zero-order chi connectivity index (χ0) is 22.7. The average molecular weight is 470 g/mol. The Balaban J connectivity index is 1.73. The summed E-state index contributed by atoms with van der Waals surface area (Å²) in [6.07, 6.45) is -4.49. The van der Waals surface area contributed by atoms with E-state index in [1.54, 1.807) is 29.2 Å². The molecule has 1 fully saturated rings. The SMILES string of the molecule is Fc1ccc(C(Sc2nnc(N3CCOCC3)n2CC(F)(F)F)c2ccc(F)cc2)cc1. The summed E-state index contributed by atoms with van der Waals surface area (Å²) in [4.78, 5) is 1.71. The van der Waals surface area contributed by atoms with Crippen LogP contribution in [0.15, 0.2) is 53.7 Å². The number of halogens is 5. The summed E-state index contributed by atoms with van der Waals surface area (Å²) in [6, 6.07) is 11.3. The van der Waals surface area contributed by atoms with Crippen LogP contribution in [0.5, 0.6) is 0 Å². The van der Waals surface area contributed by atoms with E-state index in [0.717, 1.165) is 16.3 Å². The lowest BCUT2D eigenvalue weighted by atomic mass is 10.0. The van der Waals surface area contributed by atoms with Crippen molar-refractivity contribution in [3.63, 3.8) is 0 Å². The number of hydrogen-bond donors (Lipinski definition) is 0. The van der Waals surface area contributed by atoms with Crippen molar-refractivity contribution >= 4 is 17.7 Å². The monoisotopic (exact) mass is 470 g/mol. The maximum absolute atomic E-state index is 13.5. The lowest BCUT2D eigenvalue weighted by molar-refractivity contribution is -0.141. The van der Waals surface area contributed by atoms with Crippen LogP contribution in [0.4, 0.5) is 27.9 Å². The van der Waals surface area contributed by atoms with E-state index in [9.17, 15) is 22.0 Å². The van der Waals surface area contributed by atoms with Crippen molar-refractivity contribution in [1.82, 2.24) is 14.8 Å². The van der Waals surface area contributed by atoms with Crippen molar-refractivity contribution < 1.29 is 26.7 Å². The van der Waals surface area contributed by atoms with Gasteiger partial charge in [-0.1, -0.05) is 36.0 Å². The van der Waals surface area contributed by atoms with E-state index in [0.29, 0.717) is 37.4 Å². The van der Waals surface area contributed by atoms with Gasteiger partial charge in [-0.05, 0) is 35.4 Å². The van der Waals surface area contributed by atoms with Crippen molar-refractivity contribution in [2.24, 2.45) is 0 Å². The van der Waals surface area contributed by atoms with E-state index in [2.05, 4.69) is 10.2 Å². The molecule has 0 N–H and O–H groups in total. The van der Waals surface area contributed by atoms with Gasteiger partial charge in [0, 0.05) is 13.1 Å². The van der Waals surface area contributed by atoms with Crippen molar-refractivity contribution in [2.75, 3.05) is 31.2 Å². The van der Waals surface area contributed by atoms with E-state index >= 15 is 0 Å². The van der Waals surface area contributed by atoms with Gasteiger partial charge in [0.1, 0.15) is 18.2 Å². The first-order valence-electron chi connectivity index (χ1n) is 9.80. The van der Waals surface area contributed by atoms with E-state index < -0.39 is 29.6 Å². The number of aromatic nitrogens is 3. The van der Waals surface area contributed by atoms with Gasteiger partial charge >= 0.3 is 6.18 Å². The molecule has 0 amide bonds. The van der Waals surface area contributed by atoms with Crippen molar-refractivity contribution in [3.8, 4) is 0 Å². The minimum absolute atomic E-state index is 0.0578. The number of anilines is 1. The zero-order valence-electron chi connectivity index (χ0n) is 16.7. The van der Waals surface area contributed by atoms with Crippen LogP contribution in [0.3, 0.4) is 0 Å². The standard InChI is InChI=1S/C21H19F5N4OS/c22-16-5-1-14(2-6-16)18(15-3-7-17(23)8-4-15)32-20-28-27-19(29-9-11-31-12-10-29)30(20)13-21(24,25)26/h1-8,18H,9-13H2. The quantitative estimate of drug-likeness (QED) is 0.381. The molecule has 2 aromatic carbocycles. The van der Waals surface area contributed by atoms with Crippen molar-refractivity contribution in [2.45, 2.75) is 23.1 Å². The van der Waals surface area contributed by atoms with Crippen LogP contribution in [-0.4, -0.2) is 47.2 Å². The van der Waals surface area contributed by atoms with Gasteiger partial charge in [0.05, 0.1) is 18.5 Å². The molecule has 4 rings (SSSR count). The summed E-state index contributed by atoms with van der Waals surface area (Å²) in [7, 11) is 0. The van der Waals surface area contributed by atoms with E-state index in [-0.39, 0.29) is 11.1 Å². The third-order valence-electron chi connectivity index (χ3n) is 4.90. The lowest BCUT2D eigenvalue weighted by Gasteiger charge is -2.28. The Morgan fingerprint density at radius 3 is 1.91 bits per heavy atom. The fraction of sp³-hybridized carbons (Fsp3) is 0.333. The molecule has 32 heavy (non-hydrogen) atoms. The zero-order valence-corrected chi connectivity index (χ0v) is 17.5. The number of nitrogens with zero attached hydrogens (tertiary/aromatic N) is 4. The van der Waals surface area contributed by atoms with Crippen LogP contribution in [0.25, 0.3) is 0 Å². The van der Waals surface area contributed by atoms with Crippen LogP contribution in [0.2, 0.25) is 0 Å². The highest BCUT2D eigenvalue weighted by Crippen LogP contribution is 2.41. The minimum atomic E-state index is -4.49. The molecule has 1 aliphatic rings. The molecule has 2 heterocycles. The second-order valence-electron chi connectivity index (χ2n) is 7.18. The Labute approximate surface area is 185 Å². The van der Waals surface area contributed by atoms with Gasteiger partial charge < -0.3 is 9.64 Å². The lowest BCUT2D eigenvalue weighted by Crippen LogP contribution is -2.38. The van der Waals surface area contributed by atoms with Crippen LogP contribution in [-0.2, 0) is 11.3 Å². The predicted octanol–water partition coefficient (Wildman–Crippen LogP) is 4.84. The third-order valence-corrected chi connectivity index (χ3v) is 6.19. The van der Waals surface area contributed by atoms with Gasteiger partial charge in [0.25, 0.3) is 0 Å². The second-order valence-corrected chi connectivity index (χ2v) is 8.26. The maximum Gasteiger partial charge on any atom is 0.406 e. The Hall–Kier alpha value is -2.66. The summed E-state index contributed by atoms with van der Waals surface area (Å²) in [5, 5.41) is 7.59. The van der Waals surface area contributed by atoms with Crippen LogP contribution < -0.4 is 4.90 Å². The largest absolute Gasteiger partial charge is 0.406 e. The fourth-order valence-electron chi connectivity index (χ4n) is 3.39. The number of hydrogen-bond acceptors (Lipinski definition) is 5. The highest BCUT2D eigenvalue weighted by molar-refractivity contribution is 7.99. The smallest absolute Gasteiger partial charge is 0.378 e. The molecular weight excluding hydrogens is 451 g/mol. The number of ether oxygens (including phenoxy) is 1. The highest BCUT2D eigenvalue weighted by atomic mass is 32.2. The molecule has 0 spiro atoms. The summed E-state index contributed by atoms with van der Waals surface area (Å²) in [5.74, 6) is -0.761. The normalized spacial score (nSPS) is 14.9. The van der Waals surface area contributed by atoms with E-state index in [1.165, 1.54) is 24.3 Å². The molecule has 170 valence electrons. The van der Waals surface area contributed by atoms with Crippen molar-refractivity contribution in [1.29, 1.82) is 0 Å². The Kier molecular flexibility index (Phi) is 6.66. The molecule has 3 aromatic rings. The minimum Gasteiger partial charge on any atom is -0.378 e. The van der Waals surface area contributed by atoms with Gasteiger partial charge in [-0.25, -0.2) is 8.78 Å². The summed E-state index contributed by atoms with van der Waals surface area (Å²) >= 11 is 1.05. The molecule has 11 heteroatoms. The molecule has 5 nitrogen and oxygen atoms in total. The number of morpholine rings is 1. The molecule has 0 bridgehead atoms. The number of benzene rings is 2. The van der Waals surface area contributed by atoms with Gasteiger partial charge in [0.15, 0.2) is 5.16 Å². The summed E-state index contributed by atoms with van der Waals surface area (Å²) in [5.41, 5.74) is 1.27. The first-order chi connectivity index (χ1) is 15.3. The first-order valence-corrected chi connectivity index (χ1v) is 10.7. The number of alkyl halides is 3. The molecule has 1 aliphatic heterocycles. The van der Waals surface area contributed by atoms with Crippen molar-refractivity contribution in [3.05, 3.63) is 71.3 Å². The Bertz CT molecular complexity index is 988. The Morgan fingerprint density at radius 2 is 1.41 bits per heavy atom. The Morgan fingerprint density at radius 1 is 0.875 bits per heavy atom. The molecule has 1 aromatic heterocycles.